The SMILES string of the molecule is CN1C(C)(C)CCC(C(CC(=O)O)(C(=O)O)C2CCC(C)(C)N(C)C2(C)C)C1(C)C. The van der Waals surface area contributed by atoms with Gasteiger partial charge in [-0.25, -0.2) is 0 Å². The first kappa shape index (κ1) is 25.1. The second-order valence-electron chi connectivity index (χ2n) is 12.1. The monoisotopic (exact) mass is 424 g/mol. The summed E-state index contributed by atoms with van der Waals surface area (Å²) >= 11 is 0. The predicted molar refractivity (Wildman–Crippen MR) is 120 cm³/mol. The van der Waals surface area contributed by atoms with Crippen LogP contribution in [0.3, 0.4) is 0 Å². The van der Waals surface area contributed by atoms with Crippen LogP contribution in [0.2, 0.25) is 0 Å². The molecule has 2 heterocycles. The zero-order valence-corrected chi connectivity index (χ0v) is 20.8. The van der Waals surface area contributed by atoms with Gasteiger partial charge in [-0.05, 0) is 107 Å². The highest BCUT2D eigenvalue weighted by molar-refractivity contribution is 5.82. The fourth-order valence-corrected chi connectivity index (χ4v) is 6.95. The van der Waals surface area contributed by atoms with Gasteiger partial charge in [0, 0.05) is 22.2 Å². The van der Waals surface area contributed by atoms with Crippen molar-refractivity contribution in [1.29, 1.82) is 0 Å². The van der Waals surface area contributed by atoms with Crippen LogP contribution in [-0.2, 0) is 9.59 Å². The maximum absolute atomic E-state index is 13.2. The highest BCUT2D eigenvalue weighted by Crippen LogP contribution is 2.59. The summed E-state index contributed by atoms with van der Waals surface area (Å²) in [6.45, 7) is 17.1. The predicted octanol–water partition coefficient (Wildman–Crippen LogP) is 4.33. The molecule has 0 spiro atoms. The van der Waals surface area contributed by atoms with E-state index in [4.69, 9.17) is 0 Å². The number of piperidine rings is 2. The smallest absolute Gasteiger partial charge is 0.310 e. The third kappa shape index (κ3) is 3.68. The average molecular weight is 425 g/mol. The Bertz CT molecular complexity index is 653. The average Bonchev–Trinajstić information content (AvgIpc) is 2.56. The maximum atomic E-state index is 13.2. The van der Waals surface area contributed by atoms with Crippen LogP contribution < -0.4 is 0 Å². The van der Waals surface area contributed by atoms with Crippen molar-refractivity contribution in [2.75, 3.05) is 14.1 Å². The van der Waals surface area contributed by atoms with Crippen molar-refractivity contribution in [2.24, 2.45) is 17.3 Å². The number of nitrogens with zero attached hydrogens (tertiary/aromatic N) is 2. The first-order valence-corrected chi connectivity index (χ1v) is 11.3. The van der Waals surface area contributed by atoms with Gasteiger partial charge in [0.1, 0.15) is 0 Å². The highest BCUT2D eigenvalue weighted by atomic mass is 16.4. The third-order valence-electron chi connectivity index (χ3n) is 9.43. The van der Waals surface area contributed by atoms with Gasteiger partial charge in [-0.1, -0.05) is 0 Å². The lowest BCUT2D eigenvalue weighted by atomic mass is 9.49. The van der Waals surface area contributed by atoms with Gasteiger partial charge in [0.05, 0.1) is 11.8 Å². The number of carbonyl (C=O) groups is 2. The first-order chi connectivity index (χ1) is 13.3. The molecular weight excluding hydrogens is 380 g/mol. The number of carboxylic acid groups (broad SMARTS) is 2. The molecular formula is C24H44N2O4. The molecule has 174 valence electrons. The molecule has 6 nitrogen and oxygen atoms in total. The molecule has 0 aromatic carbocycles. The van der Waals surface area contributed by atoms with Gasteiger partial charge in [-0.2, -0.15) is 0 Å². The molecule has 0 bridgehead atoms. The summed E-state index contributed by atoms with van der Waals surface area (Å²) in [5.74, 6) is -2.52. The Morgan fingerprint density at radius 3 is 1.40 bits per heavy atom. The van der Waals surface area contributed by atoms with Crippen molar-refractivity contribution in [2.45, 2.75) is 110 Å². The van der Waals surface area contributed by atoms with Crippen LogP contribution in [0.15, 0.2) is 0 Å². The van der Waals surface area contributed by atoms with E-state index in [1.807, 2.05) is 0 Å². The van der Waals surface area contributed by atoms with Gasteiger partial charge >= 0.3 is 11.9 Å². The van der Waals surface area contributed by atoms with Crippen LogP contribution >= 0.6 is 0 Å². The summed E-state index contributed by atoms with van der Waals surface area (Å²) in [5, 5.41) is 20.7. The summed E-state index contributed by atoms with van der Waals surface area (Å²) in [7, 11) is 4.11. The molecule has 0 aromatic rings. The maximum Gasteiger partial charge on any atom is 0.310 e. The summed E-state index contributed by atoms with van der Waals surface area (Å²) in [6.07, 6.45) is 2.78. The Morgan fingerprint density at radius 1 is 0.800 bits per heavy atom. The Balaban J connectivity index is 2.72. The fraction of sp³-hybridized carbons (Fsp3) is 0.917. The van der Waals surface area contributed by atoms with Crippen molar-refractivity contribution in [3.05, 3.63) is 0 Å². The second-order valence-corrected chi connectivity index (χ2v) is 12.1. The zero-order chi connectivity index (χ0) is 23.5. The number of likely N-dealkylation sites (tertiary alicyclic amines) is 2. The van der Waals surface area contributed by atoms with Gasteiger partial charge in [0.25, 0.3) is 0 Å². The van der Waals surface area contributed by atoms with Crippen LogP contribution in [0.5, 0.6) is 0 Å². The quantitative estimate of drug-likeness (QED) is 0.684. The standard InChI is InChI=1S/C24H44N2O4/c1-20(2)13-11-16(22(5,6)25(20)9)24(19(29)30,15-18(27)28)17-12-14-21(3,4)26(10)23(17,7)8/h16-17H,11-15H2,1-10H3,(H,27,28)(H,29,30). The van der Waals surface area contributed by atoms with Gasteiger partial charge in [0.15, 0.2) is 0 Å². The number of aliphatic carboxylic acids is 2. The molecule has 0 aliphatic carbocycles. The van der Waals surface area contributed by atoms with Crippen LogP contribution in [0, 0.1) is 17.3 Å². The van der Waals surface area contributed by atoms with E-state index in [9.17, 15) is 19.8 Å². The lowest BCUT2D eigenvalue weighted by Crippen LogP contribution is -2.71. The highest BCUT2D eigenvalue weighted by Gasteiger charge is 2.65. The molecule has 0 amide bonds. The van der Waals surface area contributed by atoms with Gasteiger partial charge < -0.3 is 10.2 Å². The van der Waals surface area contributed by atoms with E-state index in [1.54, 1.807) is 0 Å². The Kier molecular flexibility index (Phi) is 6.26. The summed E-state index contributed by atoms with van der Waals surface area (Å²) < 4.78 is 0. The van der Waals surface area contributed by atoms with Crippen molar-refractivity contribution in [3.63, 3.8) is 0 Å². The van der Waals surface area contributed by atoms with E-state index in [-0.39, 0.29) is 29.3 Å². The molecule has 30 heavy (non-hydrogen) atoms. The molecule has 2 atom stereocenters. The number of hydrogen-bond donors (Lipinski definition) is 2. The fourth-order valence-electron chi connectivity index (χ4n) is 6.95. The van der Waals surface area contributed by atoms with Gasteiger partial charge in [-0.3, -0.25) is 19.4 Å². The van der Waals surface area contributed by atoms with Crippen molar-refractivity contribution < 1.29 is 19.8 Å². The molecule has 2 rings (SSSR count). The normalized spacial score (nSPS) is 32.9. The minimum absolute atomic E-state index is 0.0612. The number of hydrogen-bond acceptors (Lipinski definition) is 4. The minimum Gasteiger partial charge on any atom is -0.481 e. The molecule has 2 N–H and O–H groups in total. The van der Waals surface area contributed by atoms with Gasteiger partial charge in [-0.15, -0.1) is 0 Å². The second kappa shape index (κ2) is 7.47. The molecule has 0 aromatic heterocycles. The molecule has 0 saturated carbocycles. The summed E-state index contributed by atoms with van der Waals surface area (Å²) in [6, 6.07) is 0. The van der Waals surface area contributed by atoms with Crippen molar-refractivity contribution in [3.8, 4) is 0 Å². The first-order valence-electron chi connectivity index (χ1n) is 11.3. The minimum atomic E-state index is -1.34. The largest absolute Gasteiger partial charge is 0.481 e. The lowest BCUT2D eigenvalue weighted by molar-refractivity contribution is -0.196. The van der Waals surface area contributed by atoms with Crippen LogP contribution in [0.1, 0.15) is 87.5 Å². The molecule has 6 heteroatoms. The van der Waals surface area contributed by atoms with E-state index >= 15 is 0 Å². The molecule has 2 saturated heterocycles. The topological polar surface area (TPSA) is 81.1 Å². The van der Waals surface area contributed by atoms with E-state index in [2.05, 4.69) is 79.3 Å². The number of carboxylic acids is 2. The number of rotatable bonds is 5. The van der Waals surface area contributed by atoms with Crippen LogP contribution in [-0.4, -0.2) is 68.2 Å². The Hall–Kier alpha value is -1.14. The van der Waals surface area contributed by atoms with Crippen LogP contribution in [0.25, 0.3) is 0 Å². The van der Waals surface area contributed by atoms with E-state index in [1.165, 1.54) is 0 Å². The van der Waals surface area contributed by atoms with Crippen molar-refractivity contribution in [1.82, 2.24) is 9.80 Å². The van der Waals surface area contributed by atoms with E-state index < -0.39 is 28.4 Å². The van der Waals surface area contributed by atoms with E-state index in [0.717, 1.165) is 12.8 Å². The lowest BCUT2D eigenvalue weighted by Gasteiger charge is -2.64. The van der Waals surface area contributed by atoms with Crippen LogP contribution in [0.4, 0.5) is 0 Å². The molecule has 2 fully saturated rings. The zero-order valence-electron chi connectivity index (χ0n) is 20.8. The Labute approximate surface area is 183 Å². The third-order valence-corrected chi connectivity index (χ3v) is 9.43. The molecule has 2 aliphatic rings. The van der Waals surface area contributed by atoms with Crippen molar-refractivity contribution >= 4 is 11.9 Å². The summed E-state index contributed by atoms with van der Waals surface area (Å²) in [5.41, 5.74) is -2.36. The Morgan fingerprint density at radius 2 is 1.13 bits per heavy atom. The summed E-state index contributed by atoms with van der Waals surface area (Å²) in [4.78, 5) is 29.9. The molecule has 2 unspecified atom stereocenters. The molecule has 0 radical (unpaired) electrons. The molecule has 2 aliphatic heterocycles. The van der Waals surface area contributed by atoms with Gasteiger partial charge in [0.2, 0.25) is 0 Å². The van der Waals surface area contributed by atoms with E-state index in [0.29, 0.717) is 12.8 Å².